The first kappa shape index (κ1) is 27.8. The molecule has 0 aliphatic heterocycles. The number of aliphatic carboxylic acids is 2. The van der Waals surface area contributed by atoms with Crippen LogP contribution in [0.25, 0.3) is 11.1 Å². The van der Waals surface area contributed by atoms with E-state index in [4.69, 9.17) is 21.8 Å². The lowest BCUT2D eigenvalue weighted by Gasteiger charge is -2.24. The molecule has 1 unspecified atom stereocenters. The van der Waals surface area contributed by atoms with Crippen LogP contribution in [0.1, 0.15) is 41.5 Å². The predicted molar refractivity (Wildman–Crippen MR) is 132 cm³/mol. The van der Waals surface area contributed by atoms with Gasteiger partial charge in [0.25, 0.3) is 5.91 Å². The largest absolute Gasteiger partial charge is 0.480 e. The normalized spacial score (nSPS) is 12.1. The van der Waals surface area contributed by atoms with Crippen LogP contribution in [0.5, 0.6) is 0 Å². The van der Waals surface area contributed by atoms with Crippen molar-refractivity contribution in [2.24, 2.45) is 0 Å². The first-order chi connectivity index (χ1) is 17.4. The average Bonchev–Trinajstić information content (AvgIpc) is 3.24. The standard InChI is InChI=1S/C25H26ClFN4O6/c1-14(2)21-10-20(28-31(21)13-23(33)34)24(35)29-30(12-22(32)25(36)37)11-15-3-5-16(6-4-15)18-9-17(26)7-8-19(18)27/h3-10,14,22,32H,11-13H2,1-2H3,(H,29,35)(H,33,34)(H,36,37). The molecule has 0 saturated heterocycles. The van der Waals surface area contributed by atoms with Gasteiger partial charge in [-0.3, -0.25) is 19.7 Å². The van der Waals surface area contributed by atoms with E-state index in [9.17, 15) is 23.9 Å². The van der Waals surface area contributed by atoms with Crippen LogP contribution in [-0.2, 0) is 22.7 Å². The molecular weight excluding hydrogens is 507 g/mol. The van der Waals surface area contributed by atoms with Gasteiger partial charge >= 0.3 is 11.9 Å². The van der Waals surface area contributed by atoms with E-state index in [0.717, 1.165) is 0 Å². The van der Waals surface area contributed by atoms with E-state index in [0.29, 0.717) is 27.4 Å². The second kappa shape index (κ2) is 12.0. The maximum Gasteiger partial charge on any atom is 0.333 e. The smallest absolute Gasteiger partial charge is 0.333 e. The van der Waals surface area contributed by atoms with Crippen molar-refractivity contribution in [2.75, 3.05) is 6.54 Å². The summed E-state index contributed by atoms with van der Waals surface area (Å²) in [6.45, 7) is 2.78. The first-order valence-electron chi connectivity index (χ1n) is 11.2. The zero-order valence-corrected chi connectivity index (χ0v) is 20.8. The number of benzene rings is 2. The van der Waals surface area contributed by atoms with E-state index in [1.54, 1.807) is 24.3 Å². The number of hydrazine groups is 1. The predicted octanol–water partition coefficient (Wildman–Crippen LogP) is 3.14. The van der Waals surface area contributed by atoms with Crippen molar-refractivity contribution in [1.82, 2.24) is 20.2 Å². The molecule has 0 spiro atoms. The molecule has 3 aromatic rings. The van der Waals surface area contributed by atoms with Crippen molar-refractivity contribution < 1.29 is 34.1 Å². The van der Waals surface area contributed by atoms with Gasteiger partial charge in [0.05, 0.1) is 6.54 Å². The Kier molecular flexibility index (Phi) is 8.98. The highest BCUT2D eigenvalue weighted by molar-refractivity contribution is 6.30. The summed E-state index contributed by atoms with van der Waals surface area (Å²) in [5.41, 5.74) is 4.51. The van der Waals surface area contributed by atoms with Crippen LogP contribution < -0.4 is 5.43 Å². The molecule has 1 atom stereocenters. The summed E-state index contributed by atoms with van der Waals surface area (Å²) in [7, 11) is 0. The van der Waals surface area contributed by atoms with Crippen LogP contribution in [0, 0.1) is 5.82 Å². The second-order valence-corrected chi connectivity index (χ2v) is 9.09. The van der Waals surface area contributed by atoms with Crippen LogP contribution in [0.15, 0.2) is 48.5 Å². The molecule has 3 rings (SSSR count). The molecule has 37 heavy (non-hydrogen) atoms. The third-order valence-electron chi connectivity index (χ3n) is 5.43. The number of carbonyl (C=O) groups excluding carboxylic acids is 1. The molecule has 0 radical (unpaired) electrons. The first-order valence-corrected chi connectivity index (χ1v) is 11.6. The van der Waals surface area contributed by atoms with Crippen molar-refractivity contribution in [1.29, 1.82) is 0 Å². The number of aliphatic hydroxyl groups excluding tert-OH is 1. The summed E-state index contributed by atoms with van der Waals surface area (Å²) < 4.78 is 15.4. The zero-order valence-electron chi connectivity index (χ0n) is 20.1. The number of aromatic nitrogens is 2. The molecule has 1 amide bonds. The van der Waals surface area contributed by atoms with Gasteiger partial charge in [0, 0.05) is 22.8 Å². The van der Waals surface area contributed by atoms with E-state index in [2.05, 4.69) is 10.5 Å². The maximum atomic E-state index is 14.2. The number of nitrogens with zero attached hydrogens (tertiary/aromatic N) is 3. The molecule has 196 valence electrons. The van der Waals surface area contributed by atoms with Gasteiger partial charge in [-0.25, -0.2) is 14.2 Å². The van der Waals surface area contributed by atoms with Gasteiger partial charge in [-0.1, -0.05) is 49.7 Å². The van der Waals surface area contributed by atoms with Gasteiger partial charge < -0.3 is 15.3 Å². The topological polar surface area (TPSA) is 145 Å². The molecule has 0 aliphatic rings. The summed E-state index contributed by atoms with van der Waals surface area (Å²) in [5.74, 6) is -3.86. The summed E-state index contributed by atoms with van der Waals surface area (Å²) in [4.78, 5) is 35.3. The van der Waals surface area contributed by atoms with Gasteiger partial charge in [-0.2, -0.15) is 5.10 Å². The van der Waals surface area contributed by atoms with Crippen molar-refractivity contribution in [3.63, 3.8) is 0 Å². The number of carboxylic acid groups (broad SMARTS) is 2. The molecule has 12 heteroatoms. The van der Waals surface area contributed by atoms with Crippen molar-refractivity contribution in [3.05, 3.63) is 76.3 Å². The second-order valence-electron chi connectivity index (χ2n) is 8.66. The Hall–Kier alpha value is -3.80. The number of amides is 1. The SMILES string of the molecule is CC(C)c1cc(C(=O)NN(Cc2ccc(-c3cc(Cl)ccc3F)cc2)CC(O)C(=O)O)nn1CC(=O)O. The van der Waals surface area contributed by atoms with E-state index < -0.39 is 42.9 Å². The highest BCUT2D eigenvalue weighted by Crippen LogP contribution is 2.26. The number of hydrogen-bond acceptors (Lipinski definition) is 6. The third-order valence-corrected chi connectivity index (χ3v) is 5.66. The van der Waals surface area contributed by atoms with Crippen LogP contribution in [-0.4, -0.2) is 60.6 Å². The summed E-state index contributed by atoms with van der Waals surface area (Å²) in [6, 6.07) is 12.3. The van der Waals surface area contributed by atoms with Gasteiger partial charge in [0.2, 0.25) is 0 Å². The monoisotopic (exact) mass is 532 g/mol. The molecule has 0 bridgehead atoms. The lowest BCUT2D eigenvalue weighted by atomic mass is 10.0. The summed E-state index contributed by atoms with van der Waals surface area (Å²) >= 11 is 5.97. The minimum absolute atomic E-state index is 0.00125. The highest BCUT2D eigenvalue weighted by atomic mass is 35.5. The minimum Gasteiger partial charge on any atom is -0.480 e. The number of halogens is 2. The summed E-state index contributed by atoms with van der Waals surface area (Å²) in [6.07, 6.45) is -1.80. The Balaban J connectivity index is 1.82. The molecular formula is C25H26ClFN4O6. The van der Waals surface area contributed by atoms with Gasteiger partial charge in [0.1, 0.15) is 12.4 Å². The maximum absolute atomic E-state index is 14.2. The van der Waals surface area contributed by atoms with Crippen LogP contribution in [0.4, 0.5) is 4.39 Å². The quantitative estimate of drug-likeness (QED) is 0.276. The number of hydrogen-bond donors (Lipinski definition) is 4. The lowest BCUT2D eigenvalue weighted by Crippen LogP contribution is -2.47. The van der Waals surface area contributed by atoms with Gasteiger partial charge in [0.15, 0.2) is 11.8 Å². The fourth-order valence-electron chi connectivity index (χ4n) is 3.63. The fraction of sp³-hybridized carbons (Fsp3) is 0.280. The van der Waals surface area contributed by atoms with E-state index in [-0.39, 0.29) is 18.2 Å². The lowest BCUT2D eigenvalue weighted by molar-refractivity contribution is -0.148. The zero-order chi connectivity index (χ0) is 27.3. The van der Waals surface area contributed by atoms with Crippen LogP contribution in [0.3, 0.4) is 0 Å². The molecule has 1 aromatic heterocycles. The number of aliphatic hydroxyl groups is 1. The molecule has 1 heterocycles. The van der Waals surface area contributed by atoms with E-state index >= 15 is 0 Å². The number of rotatable bonds is 11. The minimum atomic E-state index is -1.80. The van der Waals surface area contributed by atoms with Crippen molar-refractivity contribution in [3.8, 4) is 11.1 Å². The molecule has 4 N–H and O–H groups in total. The molecule has 0 aliphatic carbocycles. The van der Waals surface area contributed by atoms with Crippen molar-refractivity contribution >= 4 is 29.4 Å². The fourth-order valence-corrected chi connectivity index (χ4v) is 3.80. The Morgan fingerprint density at radius 1 is 1.11 bits per heavy atom. The average molecular weight is 533 g/mol. The van der Waals surface area contributed by atoms with E-state index in [1.807, 2.05) is 13.8 Å². The van der Waals surface area contributed by atoms with Gasteiger partial charge in [-0.15, -0.1) is 0 Å². The third kappa shape index (κ3) is 7.35. The number of nitrogens with one attached hydrogen (secondary N) is 1. The Morgan fingerprint density at radius 3 is 2.38 bits per heavy atom. The Bertz CT molecular complexity index is 1290. The van der Waals surface area contributed by atoms with Crippen molar-refractivity contribution in [2.45, 2.75) is 39.0 Å². The van der Waals surface area contributed by atoms with Crippen LogP contribution >= 0.6 is 11.6 Å². The number of carboxylic acids is 2. The summed E-state index contributed by atoms with van der Waals surface area (Å²) in [5, 5.41) is 33.8. The van der Waals surface area contributed by atoms with E-state index in [1.165, 1.54) is 34.0 Å². The molecule has 10 nitrogen and oxygen atoms in total. The molecule has 0 saturated carbocycles. The molecule has 2 aromatic carbocycles. The number of carbonyl (C=O) groups is 3. The van der Waals surface area contributed by atoms with Gasteiger partial charge in [-0.05, 0) is 41.3 Å². The Labute approximate surface area is 216 Å². The Morgan fingerprint density at radius 2 is 1.78 bits per heavy atom. The molecule has 0 fully saturated rings. The van der Waals surface area contributed by atoms with Crippen LogP contribution in [0.2, 0.25) is 5.02 Å². The highest BCUT2D eigenvalue weighted by Gasteiger charge is 2.23.